The van der Waals surface area contributed by atoms with Crippen molar-refractivity contribution in [1.29, 1.82) is 0 Å². The second kappa shape index (κ2) is 4.27. The molecule has 0 saturated carbocycles. The highest BCUT2D eigenvalue weighted by Crippen LogP contribution is 2.31. The van der Waals surface area contributed by atoms with Crippen molar-refractivity contribution in [2.75, 3.05) is 0 Å². The van der Waals surface area contributed by atoms with Crippen molar-refractivity contribution >= 4 is 22.9 Å². The van der Waals surface area contributed by atoms with E-state index in [9.17, 15) is 13.2 Å². The maximum absolute atomic E-state index is 12.5. The van der Waals surface area contributed by atoms with Gasteiger partial charge in [-0.1, -0.05) is 11.6 Å². The van der Waals surface area contributed by atoms with Crippen LogP contribution in [0.2, 0.25) is 5.15 Å². The summed E-state index contributed by atoms with van der Waals surface area (Å²) in [6.45, 7) is 1.86. The second-order valence-electron chi connectivity index (χ2n) is 3.34. The van der Waals surface area contributed by atoms with Gasteiger partial charge in [0.15, 0.2) is 0 Å². The zero-order chi connectivity index (χ0) is 12.6. The van der Waals surface area contributed by atoms with Gasteiger partial charge in [-0.15, -0.1) is 11.3 Å². The summed E-state index contributed by atoms with van der Waals surface area (Å²) >= 11 is 7.00. The van der Waals surface area contributed by atoms with E-state index in [0.717, 1.165) is 4.88 Å². The van der Waals surface area contributed by atoms with E-state index < -0.39 is 12.0 Å². The number of halogens is 4. The minimum Gasteiger partial charge on any atom is -0.224 e. The molecule has 0 aliphatic carbocycles. The Morgan fingerprint density at radius 1 is 1.24 bits per heavy atom. The Labute approximate surface area is 104 Å². The summed E-state index contributed by atoms with van der Waals surface area (Å²) in [6, 6.07) is 3.07. The van der Waals surface area contributed by atoms with Crippen LogP contribution in [-0.2, 0) is 6.18 Å². The number of rotatable bonds is 1. The monoisotopic (exact) mass is 278 g/mol. The van der Waals surface area contributed by atoms with Gasteiger partial charge in [-0.25, -0.2) is 9.97 Å². The second-order valence-corrected chi connectivity index (χ2v) is 4.85. The zero-order valence-electron chi connectivity index (χ0n) is 8.55. The first-order chi connectivity index (χ1) is 7.86. The summed E-state index contributed by atoms with van der Waals surface area (Å²) in [5, 5.41) is 1.51. The molecule has 2 aromatic rings. The Kier molecular flexibility index (Phi) is 3.09. The lowest BCUT2D eigenvalue weighted by Gasteiger charge is -2.06. The van der Waals surface area contributed by atoms with Crippen LogP contribution in [0.4, 0.5) is 13.2 Å². The molecular formula is C10H6ClF3N2S. The maximum atomic E-state index is 12.5. The van der Waals surface area contributed by atoms with Crippen LogP contribution in [0.25, 0.3) is 11.3 Å². The average Bonchev–Trinajstić information content (AvgIpc) is 2.62. The van der Waals surface area contributed by atoms with Crippen LogP contribution in [0.15, 0.2) is 17.5 Å². The Morgan fingerprint density at radius 2 is 1.94 bits per heavy atom. The molecule has 0 saturated heterocycles. The van der Waals surface area contributed by atoms with E-state index in [-0.39, 0.29) is 10.8 Å². The fraction of sp³-hybridized carbons (Fsp3) is 0.200. The van der Waals surface area contributed by atoms with Crippen molar-refractivity contribution in [3.05, 3.63) is 33.4 Å². The van der Waals surface area contributed by atoms with Gasteiger partial charge in [-0.2, -0.15) is 13.2 Å². The molecule has 0 spiro atoms. The van der Waals surface area contributed by atoms with Gasteiger partial charge in [-0.05, 0) is 13.0 Å². The third kappa shape index (κ3) is 2.76. The molecule has 0 aliphatic heterocycles. The van der Waals surface area contributed by atoms with Crippen molar-refractivity contribution in [2.45, 2.75) is 13.1 Å². The summed E-state index contributed by atoms with van der Waals surface area (Å²) in [7, 11) is 0. The Bertz CT molecular complexity index is 551. The van der Waals surface area contributed by atoms with Crippen molar-refractivity contribution in [3.63, 3.8) is 0 Å². The number of alkyl halides is 3. The molecule has 0 amide bonds. The number of aryl methyl sites for hydroxylation is 1. The lowest BCUT2D eigenvalue weighted by atomic mass is 10.2. The molecule has 0 unspecified atom stereocenters. The number of aromatic nitrogens is 2. The van der Waals surface area contributed by atoms with Crippen molar-refractivity contribution in [1.82, 2.24) is 9.97 Å². The Hall–Kier alpha value is -1.14. The topological polar surface area (TPSA) is 25.8 Å². The fourth-order valence-electron chi connectivity index (χ4n) is 1.27. The molecule has 0 atom stereocenters. The van der Waals surface area contributed by atoms with Crippen LogP contribution in [-0.4, -0.2) is 9.97 Å². The van der Waals surface area contributed by atoms with E-state index in [4.69, 9.17) is 11.6 Å². The zero-order valence-corrected chi connectivity index (χ0v) is 10.1. The molecule has 0 bridgehead atoms. The molecule has 0 aromatic carbocycles. The van der Waals surface area contributed by atoms with Gasteiger partial charge in [0.05, 0.1) is 5.69 Å². The minimum absolute atomic E-state index is 0.182. The minimum atomic E-state index is -4.59. The van der Waals surface area contributed by atoms with Crippen LogP contribution in [0.3, 0.4) is 0 Å². The van der Waals surface area contributed by atoms with Crippen LogP contribution in [0, 0.1) is 6.92 Å². The van der Waals surface area contributed by atoms with Crippen LogP contribution in [0.1, 0.15) is 10.7 Å². The molecule has 0 fully saturated rings. The number of hydrogen-bond acceptors (Lipinski definition) is 3. The fourth-order valence-corrected chi connectivity index (χ4v) is 2.15. The van der Waals surface area contributed by atoms with E-state index in [2.05, 4.69) is 9.97 Å². The lowest BCUT2D eigenvalue weighted by Crippen LogP contribution is -2.11. The van der Waals surface area contributed by atoms with Gasteiger partial charge < -0.3 is 0 Å². The first kappa shape index (κ1) is 12.3. The molecule has 17 heavy (non-hydrogen) atoms. The number of thiophene rings is 1. The highest BCUT2D eigenvalue weighted by Gasteiger charge is 2.35. The normalized spacial score (nSPS) is 11.8. The molecule has 0 radical (unpaired) electrons. The number of nitrogens with zero attached hydrogens (tertiary/aromatic N) is 2. The Morgan fingerprint density at radius 3 is 2.47 bits per heavy atom. The average molecular weight is 279 g/mol. The SMILES string of the molecule is Cc1cc(-c2cc(Cl)nc(C(F)(F)F)n2)cs1. The number of hydrogen-bond donors (Lipinski definition) is 0. The predicted molar refractivity (Wildman–Crippen MR) is 60.1 cm³/mol. The molecule has 0 N–H and O–H groups in total. The van der Waals surface area contributed by atoms with E-state index in [1.807, 2.05) is 6.92 Å². The first-order valence-corrected chi connectivity index (χ1v) is 5.79. The van der Waals surface area contributed by atoms with Gasteiger partial charge in [0.25, 0.3) is 0 Å². The maximum Gasteiger partial charge on any atom is 0.451 e. The van der Waals surface area contributed by atoms with Gasteiger partial charge in [0, 0.05) is 21.9 Å². The van der Waals surface area contributed by atoms with Crippen LogP contribution >= 0.6 is 22.9 Å². The Balaban J connectivity index is 2.52. The summed E-state index contributed by atoms with van der Waals surface area (Å²) in [5.74, 6) is -1.22. The van der Waals surface area contributed by atoms with Crippen molar-refractivity contribution in [2.24, 2.45) is 0 Å². The molecule has 2 rings (SSSR count). The first-order valence-electron chi connectivity index (χ1n) is 4.53. The third-order valence-electron chi connectivity index (χ3n) is 1.97. The molecule has 2 aromatic heterocycles. The molecule has 2 heterocycles. The highest BCUT2D eigenvalue weighted by molar-refractivity contribution is 7.10. The smallest absolute Gasteiger partial charge is 0.224 e. The molecular weight excluding hydrogens is 273 g/mol. The third-order valence-corrected chi connectivity index (χ3v) is 3.03. The van der Waals surface area contributed by atoms with Gasteiger partial charge >= 0.3 is 6.18 Å². The highest BCUT2D eigenvalue weighted by atomic mass is 35.5. The predicted octanol–water partition coefficient (Wildman–Crippen LogP) is 4.19. The van der Waals surface area contributed by atoms with Gasteiger partial charge in [0.2, 0.25) is 5.82 Å². The van der Waals surface area contributed by atoms with Crippen LogP contribution in [0.5, 0.6) is 0 Å². The standard InChI is InChI=1S/C10H6ClF3N2S/c1-5-2-6(4-17-5)7-3-8(11)16-9(15-7)10(12,13)14/h2-4H,1H3. The van der Waals surface area contributed by atoms with Crippen LogP contribution < -0.4 is 0 Å². The van der Waals surface area contributed by atoms with Gasteiger partial charge in [0.1, 0.15) is 5.15 Å². The van der Waals surface area contributed by atoms with E-state index in [1.54, 1.807) is 11.4 Å². The van der Waals surface area contributed by atoms with E-state index in [1.165, 1.54) is 17.4 Å². The lowest BCUT2D eigenvalue weighted by molar-refractivity contribution is -0.144. The summed E-state index contributed by atoms with van der Waals surface area (Å²) in [5.41, 5.74) is 0.795. The molecule has 0 aliphatic rings. The van der Waals surface area contributed by atoms with E-state index in [0.29, 0.717) is 5.56 Å². The molecule has 2 nitrogen and oxygen atoms in total. The van der Waals surface area contributed by atoms with Crippen molar-refractivity contribution < 1.29 is 13.2 Å². The summed E-state index contributed by atoms with van der Waals surface area (Å²) in [6.07, 6.45) is -4.59. The van der Waals surface area contributed by atoms with Crippen molar-refractivity contribution in [3.8, 4) is 11.3 Å². The van der Waals surface area contributed by atoms with Gasteiger partial charge in [-0.3, -0.25) is 0 Å². The summed E-state index contributed by atoms with van der Waals surface area (Å²) in [4.78, 5) is 7.63. The summed E-state index contributed by atoms with van der Waals surface area (Å²) < 4.78 is 37.5. The quantitative estimate of drug-likeness (QED) is 0.731. The van der Waals surface area contributed by atoms with E-state index >= 15 is 0 Å². The molecule has 90 valence electrons. The molecule has 7 heteroatoms. The largest absolute Gasteiger partial charge is 0.451 e.